The second-order valence-corrected chi connectivity index (χ2v) is 7.82. The third-order valence-corrected chi connectivity index (χ3v) is 5.48. The lowest BCUT2D eigenvalue weighted by Crippen LogP contribution is -2.47. The third kappa shape index (κ3) is 4.85. The Kier molecular flexibility index (Phi) is 7.04. The zero-order chi connectivity index (χ0) is 20.8. The van der Waals surface area contributed by atoms with Gasteiger partial charge in [-0.2, -0.15) is 11.8 Å². The van der Waals surface area contributed by atoms with Crippen LogP contribution >= 0.6 is 11.8 Å². The van der Waals surface area contributed by atoms with Crippen molar-refractivity contribution < 1.29 is 18.4 Å². The fraction of sp³-hybridized carbons (Fsp3) is 0.364. The molecule has 0 aliphatic heterocycles. The first-order valence-corrected chi connectivity index (χ1v) is 11.0. The van der Waals surface area contributed by atoms with E-state index in [1.807, 2.05) is 37.4 Å². The summed E-state index contributed by atoms with van der Waals surface area (Å²) in [4.78, 5) is 27.2. The summed E-state index contributed by atoms with van der Waals surface area (Å²) < 4.78 is 11.1. The summed E-state index contributed by atoms with van der Waals surface area (Å²) in [7, 11) is 1.76. The molecular weight excluding hydrogens is 388 g/mol. The summed E-state index contributed by atoms with van der Waals surface area (Å²) in [5.74, 6) is 1.32. The van der Waals surface area contributed by atoms with Crippen molar-refractivity contribution in [1.82, 2.24) is 10.2 Å². The molecule has 3 rings (SSSR count). The number of carbonyl (C=O) groups is 2. The first kappa shape index (κ1) is 21.0. The predicted octanol–water partition coefficient (Wildman–Crippen LogP) is 4.10. The summed E-state index contributed by atoms with van der Waals surface area (Å²) in [5.41, 5.74) is 1.84. The zero-order valence-electron chi connectivity index (χ0n) is 16.9. The van der Waals surface area contributed by atoms with E-state index in [1.165, 1.54) is 6.26 Å². The highest BCUT2D eigenvalue weighted by atomic mass is 32.2. The fourth-order valence-corrected chi connectivity index (χ4v) is 3.79. The Morgan fingerprint density at radius 2 is 2.00 bits per heavy atom. The molecule has 3 aromatic rings. The van der Waals surface area contributed by atoms with Gasteiger partial charge in [-0.1, -0.05) is 25.1 Å². The lowest BCUT2D eigenvalue weighted by Gasteiger charge is -2.24. The van der Waals surface area contributed by atoms with Crippen LogP contribution in [0.4, 0.5) is 0 Å². The molecule has 0 saturated heterocycles. The molecule has 0 radical (unpaired) electrons. The molecular formula is C22H26N2O4S. The number of benzene rings is 1. The molecule has 1 atom stereocenters. The van der Waals surface area contributed by atoms with E-state index in [0.717, 1.165) is 34.5 Å². The van der Waals surface area contributed by atoms with Gasteiger partial charge in [0.1, 0.15) is 17.4 Å². The number of para-hydroxylation sites is 1. The minimum atomic E-state index is -0.617. The van der Waals surface area contributed by atoms with Gasteiger partial charge in [-0.15, -0.1) is 0 Å². The van der Waals surface area contributed by atoms with E-state index in [9.17, 15) is 9.59 Å². The van der Waals surface area contributed by atoms with Crippen LogP contribution in [-0.4, -0.2) is 41.8 Å². The Morgan fingerprint density at radius 1 is 1.21 bits per heavy atom. The van der Waals surface area contributed by atoms with Gasteiger partial charge in [-0.25, -0.2) is 0 Å². The maximum atomic E-state index is 13.2. The number of nitrogens with one attached hydrogen (secondary N) is 1. The van der Waals surface area contributed by atoms with Gasteiger partial charge < -0.3 is 19.1 Å². The Labute approximate surface area is 174 Å². The van der Waals surface area contributed by atoms with Crippen molar-refractivity contribution in [3.8, 4) is 0 Å². The normalized spacial score (nSPS) is 12.1. The molecule has 7 heteroatoms. The number of aryl methyl sites for hydroxylation is 1. The molecule has 29 heavy (non-hydrogen) atoms. The van der Waals surface area contributed by atoms with Gasteiger partial charge in [-0.05, 0) is 36.6 Å². The molecule has 2 heterocycles. The second kappa shape index (κ2) is 9.69. The monoisotopic (exact) mass is 414 g/mol. The maximum absolute atomic E-state index is 13.2. The Morgan fingerprint density at radius 3 is 2.69 bits per heavy atom. The van der Waals surface area contributed by atoms with E-state index in [0.29, 0.717) is 13.0 Å². The van der Waals surface area contributed by atoms with Crippen molar-refractivity contribution in [2.45, 2.75) is 32.4 Å². The quantitative estimate of drug-likeness (QED) is 0.571. The number of fused-ring (bicyclic) bond motifs is 1. The molecule has 0 spiro atoms. The van der Waals surface area contributed by atoms with Crippen molar-refractivity contribution in [2.24, 2.45) is 0 Å². The molecule has 0 saturated carbocycles. The molecule has 1 N–H and O–H groups in total. The highest BCUT2D eigenvalue weighted by molar-refractivity contribution is 7.98. The van der Waals surface area contributed by atoms with Gasteiger partial charge in [0.2, 0.25) is 5.91 Å². The number of hydrogen-bond acceptors (Lipinski definition) is 5. The van der Waals surface area contributed by atoms with Crippen LogP contribution in [0.1, 0.15) is 35.2 Å². The Balaban J connectivity index is 1.77. The van der Waals surface area contributed by atoms with Gasteiger partial charge in [0.25, 0.3) is 5.91 Å². The molecule has 1 unspecified atom stereocenters. The van der Waals surface area contributed by atoms with Crippen LogP contribution in [0.3, 0.4) is 0 Å². The van der Waals surface area contributed by atoms with Crippen LogP contribution in [-0.2, 0) is 17.8 Å². The van der Waals surface area contributed by atoms with E-state index in [2.05, 4.69) is 5.32 Å². The predicted molar refractivity (Wildman–Crippen MR) is 115 cm³/mol. The summed E-state index contributed by atoms with van der Waals surface area (Å²) in [6, 6.07) is 10.5. The maximum Gasteiger partial charge on any atom is 0.287 e. The minimum absolute atomic E-state index is 0.133. The standard InChI is InChI=1S/C22H26N2O4S/c1-4-18-16(15-8-5-6-9-19(15)28-18)14-24(2)22(26)17(11-13-29-3)23-21(25)20-10-7-12-27-20/h5-10,12,17H,4,11,13-14H2,1-3H3,(H,23,25). The highest BCUT2D eigenvalue weighted by Gasteiger charge is 2.26. The molecule has 2 amide bonds. The largest absolute Gasteiger partial charge is 0.461 e. The SMILES string of the molecule is CCc1oc2ccccc2c1CN(C)C(=O)C(CCSC)NC(=O)c1ccco1. The second-order valence-electron chi connectivity index (χ2n) is 6.83. The number of carbonyl (C=O) groups excluding carboxylic acids is 2. The number of furan rings is 2. The Bertz CT molecular complexity index is 965. The molecule has 0 aliphatic rings. The average Bonchev–Trinajstić information content (AvgIpc) is 3.39. The summed E-state index contributed by atoms with van der Waals surface area (Å²) in [5, 5.41) is 3.84. The Hall–Kier alpha value is -2.67. The van der Waals surface area contributed by atoms with Crippen molar-refractivity contribution in [1.29, 1.82) is 0 Å². The van der Waals surface area contributed by atoms with Crippen LogP contribution in [0.5, 0.6) is 0 Å². The topological polar surface area (TPSA) is 75.7 Å². The summed E-state index contributed by atoms with van der Waals surface area (Å²) in [6.45, 7) is 2.46. The molecule has 2 aromatic heterocycles. The van der Waals surface area contributed by atoms with Crippen molar-refractivity contribution >= 4 is 34.5 Å². The molecule has 0 aliphatic carbocycles. The summed E-state index contributed by atoms with van der Waals surface area (Å²) >= 11 is 1.64. The minimum Gasteiger partial charge on any atom is -0.461 e. The number of nitrogens with zero attached hydrogens (tertiary/aromatic N) is 1. The number of thioether (sulfide) groups is 1. The number of likely N-dealkylation sites (N-methyl/N-ethyl adjacent to an activating group) is 1. The van der Waals surface area contributed by atoms with Gasteiger partial charge >= 0.3 is 0 Å². The number of hydrogen-bond donors (Lipinski definition) is 1. The highest BCUT2D eigenvalue weighted by Crippen LogP contribution is 2.27. The van der Waals surface area contributed by atoms with E-state index >= 15 is 0 Å². The average molecular weight is 415 g/mol. The zero-order valence-corrected chi connectivity index (χ0v) is 17.8. The van der Waals surface area contributed by atoms with Crippen LogP contribution in [0.15, 0.2) is 51.5 Å². The smallest absolute Gasteiger partial charge is 0.287 e. The van der Waals surface area contributed by atoms with Crippen LogP contribution in [0.2, 0.25) is 0 Å². The van der Waals surface area contributed by atoms with E-state index < -0.39 is 6.04 Å². The summed E-state index contributed by atoms with van der Waals surface area (Å²) in [6.07, 6.45) is 4.71. The molecule has 154 valence electrons. The van der Waals surface area contributed by atoms with Gasteiger partial charge in [0.05, 0.1) is 6.26 Å². The van der Waals surface area contributed by atoms with E-state index in [-0.39, 0.29) is 17.6 Å². The van der Waals surface area contributed by atoms with Gasteiger partial charge in [-0.3, -0.25) is 9.59 Å². The molecule has 0 fully saturated rings. The third-order valence-electron chi connectivity index (χ3n) is 4.83. The molecule has 6 nitrogen and oxygen atoms in total. The first-order valence-electron chi connectivity index (χ1n) is 9.62. The van der Waals surface area contributed by atoms with Crippen LogP contribution in [0, 0.1) is 0 Å². The molecule has 0 bridgehead atoms. The number of rotatable bonds is 9. The van der Waals surface area contributed by atoms with Gasteiger partial charge in [0, 0.05) is 31.0 Å². The number of amides is 2. The molecule has 1 aromatic carbocycles. The fourth-order valence-electron chi connectivity index (χ4n) is 3.32. The lowest BCUT2D eigenvalue weighted by molar-refractivity contribution is -0.132. The van der Waals surface area contributed by atoms with Gasteiger partial charge in [0.15, 0.2) is 5.76 Å². The van der Waals surface area contributed by atoms with Crippen molar-refractivity contribution in [2.75, 3.05) is 19.1 Å². The van der Waals surface area contributed by atoms with Crippen LogP contribution < -0.4 is 5.32 Å². The van der Waals surface area contributed by atoms with E-state index in [1.54, 1.807) is 35.8 Å². The first-order chi connectivity index (χ1) is 14.0. The van der Waals surface area contributed by atoms with Crippen molar-refractivity contribution in [3.63, 3.8) is 0 Å². The van der Waals surface area contributed by atoms with E-state index in [4.69, 9.17) is 8.83 Å². The van der Waals surface area contributed by atoms with Crippen molar-refractivity contribution in [3.05, 3.63) is 59.7 Å². The van der Waals surface area contributed by atoms with Crippen LogP contribution in [0.25, 0.3) is 11.0 Å². The lowest BCUT2D eigenvalue weighted by atomic mass is 10.1.